The zero-order valence-corrected chi connectivity index (χ0v) is 22.9. The van der Waals surface area contributed by atoms with E-state index in [1.54, 1.807) is 0 Å². The average molecular weight is 507 g/mol. The molecule has 1 atom stereocenters. The van der Waals surface area contributed by atoms with E-state index in [9.17, 15) is 0 Å². The van der Waals surface area contributed by atoms with Crippen LogP contribution in [-0.4, -0.2) is 12.6 Å². The van der Waals surface area contributed by atoms with E-state index in [1.165, 1.54) is 38.8 Å². The predicted octanol–water partition coefficient (Wildman–Crippen LogP) is 10.1. The Balaban J connectivity index is 1.44. The summed E-state index contributed by atoms with van der Waals surface area (Å²) in [5, 5.41) is 2.46. The normalized spacial score (nSPS) is 16.6. The van der Waals surface area contributed by atoms with Crippen LogP contribution in [0.5, 0.6) is 0 Å². The summed E-state index contributed by atoms with van der Waals surface area (Å²) in [5.74, 6) is 0. The molecule has 0 aromatic heterocycles. The first-order valence-corrected chi connectivity index (χ1v) is 13.7. The van der Waals surface area contributed by atoms with Crippen LogP contribution in [0.4, 0.5) is 22.7 Å². The van der Waals surface area contributed by atoms with Gasteiger partial charge in [0.1, 0.15) is 0 Å². The summed E-state index contributed by atoms with van der Waals surface area (Å²) in [5.41, 5.74) is 8.35. The van der Waals surface area contributed by atoms with Crippen molar-refractivity contribution in [1.82, 2.24) is 0 Å². The summed E-state index contributed by atoms with van der Waals surface area (Å²) in [4.78, 5) is 4.77. The minimum atomic E-state index is -0.0413. The fourth-order valence-corrected chi connectivity index (χ4v) is 5.47. The highest BCUT2D eigenvalue weighted by molar-refractivity contribution is 5.99. The van der Waals surface area contributed by atoms with E-state index in [0.717, 1.165) is 17.8 Å². The Labute approximate surface area is 232 Å². The van der Waals surface area contributed by atoms with E-state index in [2.05, 4.69) is 170 Å². The van der Waals surface area contributed by atoms with E-state index in [1.807, 2.05) is 0 Å². The molecule has 5 aromatic rings. The molecule has 1 unspecified atom stereocenters. The average Bonchev–Trinajstić information content (AvgIpc) is 3.00. The zero-order chi connectivity index (χ0) is 26.8. The van der Waals surface area contributed by atoms with Crippen LogP contribution in [0.1, 0.15) is 20.3 Å². The van der Waals surface area contributed by atoms with Crippen LogP contribution in [0.3, 0.4) is 0 Å². The Morgan fingerprint density at radius 2 is 1.31 bits per heavy atom. The molecule has 0 aliphatic heterocycles. The third kappa shape index (κ3) is 4.86. The maximum atomic E-state index is 2.38. The van der Waals surface area contributed by atoms with E-state index in [0.29, 0.717) is 0 Å². The van der Waals surface area contributed by atoms with Gasteiger partial charge in [-0.1, -0.05) is 103 Å². The van der Waals surface area contributed by atoms with Crippen LogP contribution < -0.4 is 9.80 Å². The third-order valence-corrected chi connectivity index (χ3v) is 8.02. The molecule has 192 valence electrons. The molecule has 0 amide bonds. The van der Waals surface area contributed by atoms with Gasteiger partial charge in [-0.25, -0.2) is 0 Å². The van der Waals surface area contributed by atoms with Gasteiger partial charge in [0.25, 0.3) is 0 Å². The number of rotatable bonds is 6. The van der Waals surface area contributed by atoms with Gasteiger partial charge >= 0.3 is 0 Å². The van der Waals surface area contributed by atoms with Gasteiger partial charge in [-0.2, -0.15) is 0 Å². The first-order valence-electron chi connectivity index (χ1n) is 13.7. The second kappa shape index (κ2) is 10.3. The number of benzene rings is 5. The van der Waals surface area contributed by atoms with Crippen LogP contribution >= 0.6 is 0 Å². The zero-order valence-electron chi connectivity index (χ0n) is 22.9. The minimum Gasteiger partial charge on any atom is -0.365 e. The van der Waals surface area contributed by atoms with Crippen molar-refractivity contribution < 1.29 is 0 Å². The van der Waals surface area contributed by atoms with Crippen LogP contribution in [0.15, 0.2) is 145 Å². The molecule has 5 aromatic carbocycles. The predicted molar refractivity (Wildman–Crippen MR) is 168 cm³/mol. The summed E-state index contributed by atoms with van der Waals surface area (Å²) in [6.07, 6.45) is 7.89. The van der Waals surface area contributed by atoms with Crippen molar-refractivity contribution in [3.63, 3.8) is 0 Å². The lowest BCUT2D eigenvalue weighted by Crippen LogP contribution is -2.42. The fraction of sp³-hybridized carbons (Fsp3) is 0.135. The highest BCUT2D eigenvalue weighted by atomic mass is 15.2. The molecule has 0 bridgehead atoms. The Hall–Kier alpha value is -4.56. The Bertz CT molecular complexity index is 1660. The highest BCUT2D eigenvalue weighted by Gasteiger charge is 2.27. The summed E-state index contributed by atoms with van der Waals surface area (Å²) in [7, 11) is 2.19. The molecule has 39 heavy (non-hydrogen) atoms. The second-order valence-corrected chi connectivity index (χ2v) is 10.7. The van der Waals surface area contributed by atoms with Crippen LogP contribution in [0.2, 0.25) is 0 Å². The Morgan fingerprint density at radius 3 is 2.08 bits per heavy atom. The summed E-state index contributed by atoms with van der Waals surface area (Å²) in [6, 6.07) is 43.6. The van der Waals surface area contributed by atoms with Crippen molar-refractivity contribution >= 4 is 33.5 Å². The summed E-state index contributed by atoms with van der Waals surface area (Å²) < 4.78 is 0. The van der Waals surface area contributed by atoms with Gasteiger partial charge < -0.3 is 9.80 Å². The number of allylic oxidation sites excluding steroid dienone is 2. The fourth-order valence-electron chi connectivity index (χ4n) is 5.47. The monoisotopic (exact) mass is 506 g/mol. The smallest absolute Gasteiger partial charge is 0.0591 e. The minimum absolute atomic E-state index is 0.0413. The molecule has 1 aliphatic rings. The van der Waals surface area contributed by atoms with E-state index < -0.39 is 0 Å². The molecule has 0 spiro atoms. The first-order chi connectivity index (χ1) is 19.0. The largest absolute Gasteiger partial charge is 0.365 e. The number of hydrogen-bond acceptors (Lipinski definition) is 2. The number of nitrogens with zero attached hydrogens (tertiary/aromatic N) is 2. The van der Waals surface area contributed by atoms with Gasteiger partial charge in [-0.15, -0.1) is 0 Å². The molecule has 0 saturated heterocycles. The first kappa shape index (κ1) is 24.8. The number of hydrogen-bond donors (Lipinski definition) is 0. The molecule has 2 heteroatoms. The van der Waals surface area contributed by atoms with Gasteiger partial charge in [-0.05, 0) is 79.2 Å². The van der Waals surface area contributed by atoms with Gasteiger partial charge in [0.05, 0.1) is 11.2 Å². The Kier molecular flexibility index (Phi) is 6.54. The third-order valence-electron chi connectivity index (χ3n) is 8.02. The van der Waals surface area contributed by atoms with Crippen molar-refractivity contribution in [1.29, 1.82) is 0 Å². The molecule has 6 rings (SSSR count). The van der Waals surface area contributed by atoms with E-state index in [4.69, 9.17) is 0 Å². The van der Waals surface area contributed by atoms with E-state index in [-0.39, 0.29) is 5.54 Å². The quantitative estimate of drug-likeness (QED) is 0.226. The van der Waals surface area contributed by atoms with Crippen LogP contribution in [0, 0.1) is 0 Å². The molecule has 1 aliphatic carbocycles. The lowest BCUT2D eigenvalue weighted by Gasteiger charge is -2.39. The summed E-state index contributed by atoms with van der Waals surface area (Å²) >= 11 is 0. The number of anilines is 4. The molecular weight excluding hydrogens is 472 g/mol. The molecule has 0 radical (unpaired) electrons. The molecule has 0 saturated carbocycles. The van der Waals surface area contributed by atoms with Crippen molar-refractivity contribution in [3.8, 4) is 11.1 Å². The lowest BCUT2D eigenvalue weighted by molar-refractivity contribution is 0.546. The molecular formula is C37H34N2. The highest BCUT2D eigenvalue weighted by Crippen LogP contribution is 2.41. The van der Waals surface area contributed by atoms with Crippen LogP contribution in [0.25, 0.3) is 21.9 Å². The topological polar surface area (TPSA) is 6.48 Å². The lowest BCUT2D eigenvalue weighted by atomic mass is 9.89. The van der Waals surface area contributed by atoms with Gasteiger partial charge in [0, 0.05) is 29.5 Å². The Morgan fingerprint density at radius 1 is 0.641 bits per heavy atom. The van der Waals surface area contributed by atoms with E-state index >= 15 is 0 Å². The number of likely N-dealkylation sites (N-methyl/N-ethyl adjacent to an activating group) is 1. The molecule has 0 fully saturated rings. The van der Waals surface area contributed by atoms with Gasteiger partial charge in [-0.3, -0.25) is 0 Å². The van der Waals surface area contributed by atoms with Crippen molar-refractivity contribution in [3.05, 3.63) is 145 Å². The molecule has 2 nitrogen and oxygen atoms in total. The van der Waals surface area contributed by atoms with Crippen molar-refractivity contribution in [2.45, 2.75) is 25.8 Å². The SMILES string of the molecule is CC1=CCC(C)(N(C)c2ccc(N(c3cccc(-c4ccccc4)c3)c3cccc4ccccc34)cc2)C=C1. The molecule has 0 N–H and O–H groups in total. The molecule has 0 heterocycles. The standard InChI is InChI=1S/C37H34N2/c1-28-23-25-37(2,26-24-28)38(3)32-19-21-33(22-20-32)39(36-18-10-14-30-13-7-8-17-35(30)36)34-16-9-15-31(27-34)29-11-5-4-6-12-29/h4-25,27H,26H2,1-3H3. The van der Waals surface area contributed by atoms with Gasteiger partial charge in [0.15, 0.2) is 0 Å². The maximum absolute atomic E-state index is 2.38. The van der Waals surface area contributed by atoms with Crippen molar-refractivity contribution in [2.24, 2.45) is 0 Å². The van der Waals surface area contributed by atoms with Crippen molar-refractivity contribution in [2.75, 3.05) is 16.8 Å². The van der Waals surface area contributed by atoms with Crippen LogP contribution in [-0.2, 0) is 0 Å². The summed E-state index contributed by atoms with van der Waals surface area (Å²) in [6.45, 7) is 4.47. The second-order valence-electron chi connectivity index (χ2n) is 10.7. The maximum Gasteiger partial charge on any atom is 0.0591 e. The number of fused-ring (bicyclic) bond motifs is 1. The van der Waals surface area contributed by atoms with Gasteiger partial charge in [0.2, 0.25) is 0 Å².